The number of carboxylic acid groups (broad SMARTS) is 1. The van der Waals surface area contributed by atoms with Gasteiger partial charge in [-0.1, -0.05) is 12.8 Å². The van der Waals surface area contributed by atoms with E-state index in [1.54, 1.807) is 34.3 Å². The van der Waals surface area contributed by atoms with Gasteiger partial charge < -0.3 is 10.0 Å². The van der Waals surface area contributed by atoms with Crippen LogP contribution in [-0.2, 0) is 4.79 Å². The Labute approximate surface area is 145 Å². The lowest BCUT2D eigenvalue weighted by Crippen LogP contribution is -2.46. The normalized spacial score (nSPS) is 25.6. The number of hydrogen-bond donors (Lipinski definition) is 1. The van der Waals surface area contributed by atoms with Crippen LogP contribution in [0.2, 0.25) is 0 Å². The molecule has 7 heteroatoms. The third kappa shape index (κ3) is 2.79. The van der Waals surface area contributed by atoms with E-state index in [1.807, 2.05) is 12.1 Å². The summed E-state index contributed by atoms with van der Waals surface area (Å²) in [6, 6.07) is 6.47. The van der Waals surface area contributed by atoms with Crippen LogP contribution in [0.15, 0.2) is 36.9 Å². The quantitative estimate of drug-likeness (QED) is 0.924. The molecule has 0 spiro atoms. The second-order valence-electron chi connectivity index (χ2n) is 6.83. The van der Waals surface area contributed by atoms with Gasteiger partial charge in [-0.25, -0.2) is 4.79 Å². The van der Waals surface area contributed by atoms with Crippen molar-refractivity contribution in [2.24, 2.45) is 5.92 Å². The Bertz CT molecular complexity index is 772. The average Bonchev–Trinajstić information content (AvgIpc) is 3.29. The third-order valence-corrected chi connectivity index (χ3v) is 5.44. The summed E-state index contributed by atoms with van der Waals surface area (Å²) < 4.78 is 1.75. The molecule has 2 aromatic rings. The molecule has 1 N–H and O–H groups in total. The minimum absolute atomic E-state index is 0.0554. The van der Waals surface area contributed by atoms with E-state index in [2.05, 4.69) is 10.2 Å². The Balaban J connectivity index is 1.61. The van der Waals surface area contributed by atoms with Gasteiger partial charge in [0.1, 0.15) is 18.7 Å². The molecule has 1 aliphatic heterocycles. The summed E-state index contributed by atoms with van der Waals surface area (Å²) in [4.78, 5) is 26.4. The van der Waals surface area contributed by atoms with Crippen LogP contribution < -0.4 is 0 Å². The molecule has 1 saturated heterocycles. The van der Waals surface area contributed by atoms with Crippen molar-refractivity contribution >= 4 is 11.9 Å². The monoisotopic (exact) mass is 340 g/mol. The molecule has 4 rings (SSSR count). The molecule has 0 bridgehead atoms. The Kier molecular flexibility index (Phi) is 3.99. The first-order chi connectivity index (χ1) is 12.1. The molecule has 1 aliphatic carbocycles. The molecule has 3 atom stereocenters. The predicted molar refractivity (Wildman–Crippen MR) is 89.3 cm³/mol. The van der Waals surface area contributed by atoms with Gasteiger partial charge in [-0.15, -0.1) is 10.2 Å². The summed E-state index contributed by atoms with van der Waals surface area (Å²) in [7, 11) is 0. The first-order valence-corrected chi connectivity index (χ1v) is 8.65. The highest BCUT2D eigenvalue weighted by Gasteiger charge is 2.47. The van der Waals surface area contributed by atoms with Gasteiger partial charge in [-0.3, -0.25) is 9.36 Å². The first-order valence-electron chi connectivity index (χ1n) is 8.65. The number of carbonyl (C=O) groups excluding carboxylic acids is 1. The third-order valence-electron chi connectivity index (χ3n) is 5.44. The van der Waals surface area contributed by atoms with Gasteiger partial charge in [0, 0.05) is 17.3 Å². The summed E-state index contributed by atoms with van der Waals surface area (Å²) in [5, 5.41) is 17.1. The number of rotatable bonds is 3. The smallest absolute Gasteiger partial charge is 0.326 e. The van der Waals surface area contributed by atoms with E-state index in [9.17, 15) is 14.7 Å². The van der Waals surface area contributed by atoms with Gasteiger partial charge in [0.05, 0.1) is 0 Å². The minimum Gasteiger partial charge on any atom is -0.480 e. The summed E-state index contributed by atoms with van der Waals surface area (Å²) in [6.07, 6.45) is 7.86. The summed E-state index contributed by atoms with van der Waals surface area (Å²) in [6.45, 7) is 0. The fourth-order valence-corrected chi connectivity index (χ4v) is 4.23. The molecule has 7 nitrogen and oxygen atoms in total. The minimum atomic E-state index is -0.899. The van der Waals surface area contributed by atoms with Gasteiger partial charge in [0.2, 0.25) is 0 Å². The highest BCUT2D eigenvalue weighted by molar-refractivity contribution is 5.97. The SMILES string of the molecule is O=C(O)C1CC2CCCCC2N1C(=O)c1ccc(-n2cnnc2)cc1. The molecule has 130 valence electrons. The van der Waals surface area contributed by atoms with Crippen LogP contribution in [0, 0.1) is 5.92 Å². The molecule has 1 aromatic carbocycles. The van der Waals surface area contributed by atoms with E-state index < -0.39 is 12.0 Å². The number of carboxylic acids is 1. The Hall–Kier alpha value is -2.70. The number of likely N-dealkylation sites (tertiary alicyclic amines) is 1. The van der Waals surface area contributed by atoms with E-state index >= 15 is 0 Å². The van der Waals surface area contributed by atoms with E-state index in [0.717, 1.165) is 31.4 Å². The van der Waals surface area contributed by atoms with Crippen LogP contribution in [0.5, 0.6) is 0 Å². The zero-order valence-electron chi connectivity index (χ0n) is 13.8. The largest absolute Gasteiger partial charge is 0.480 e. The van der Waals surface area contributed by atoms with Crippen LogP contribution in [0.4, 0.5) is 0 Å². The molecule has 3 unspecified atom stereocenters. The highest BCUT2D eigenvalue weighted by atomic mass is 16.4. The van der Waals surface area contributed by atoms with Crippen LogP contribution in [0.1, 0.15) is 42.5 Å². The lowest BCUT2D eigenvalue weighted by molar-refractivity contribution is -0.141. The van der Waals surface area contributed by atoms with Crippen molar-refractivity contribution in [3.63, 3.8) is 0 Å². The van der Waals surface area contributed by atoms with Crippen molar-refractivity contribution in [1.82, 2.24) is 19.7 Å². The summed E-state index contributed by atoms with van der Waals surface area (Å²) in [5.41, 5.74) is 1.38. The van der Waals surface area contributed by atoms with Crippen molar-refractivity contribution in [1.29, 1.82) is 0 Å². The topological polar surface area (TPSA) is 88.3 Å². The first kappa shape index (κ1) is 15.8. The van der Waals surface area contributed by atoms with Crippen molar-refractivity contribution in [3.8, 4) is 5.69 Å². The predicted octanol–water partition coefficient (Wildman–Crippen LogP) is 2.13. The van der Waals surface area contributed by atoms with E-state index in [1.165, 1.54) is 0 Å². The molecule has 2 aliphatic rings. The zero-order valence-corrected chi connectivity index (χ0v) is 13.8. The molecule has 1 saturated carbocycles. The molecule has 1 amide bonds. The number of carbonyl (C=O) groups is 2. The maximum atomic E-state index is 13.0. The second kappa shape index (κ2) is 6.31. The van der Waals surface area contributed by atoms with Crippen LogP contribution >= 0.6 is 0 Å². The van der Waals surface area contributed by atoms with Gasteiger partial charge in [0.25, 0.3) is 5.91 Å². The average molecular weight is 340 g/mol. The Morgan fingerprint density at radius 3 is 2.40 bits per heavy atom. The van der Waals surface area contributed by atoms with Gasteiger partial charge >= 0.3 is 5.97 Å². The van der Waals surface area contributed by atoms with E-state index in [0.29, 0.717) is 17.9 Å². The van der Waals surface area contributed by atoms with Crippen LogP contribution in [0.3, 0.4) is 0 Å². The standard InChI is InChI=1S/C18H20N4O3/c23-17(12-5-7-14(8-6-12)21-10-19-20-11-21)22-15-4-2-1-3-13(15)9-16(22)18(24)25/h5-8,10-11,13,15-16H,1-4,9H2,(H,24,25). The molecule has 0 radical (unpaired) electrons. The van der Waals surface area contributed by atoms with Crippen molar-refractivity contribution in [2.45, 2.75) is 44.2 Å². The van der Waals surface area contributed by atoms with Gasteiger partial charge in [0.15, 0.2) is 0 Å². The molecule has 2 heterocycles. The number of benzene rings is 1. The number of aliphatic carboxylic acids is 1. The number of aromatic nitrogens is 3. The second-order valence-corrected chi connectivity index (χ2v) is 6.83. The number of hydrogen-bond acceptors (Lipinski definition) is 4. The van der Waals surface area contributed by atoms with Gasteiger partial charge in [-0.2, -0.15) is 0 Å². The molecular weight excluding hydrogens is 320 g/mol. The highest BCUT2D eigenvalue weighted by Crippen LogP contribution is 2.40. The fraction of sp³-hybridized carbons (Fsp3) is 0.444. The zero-order chi connectivity index (χ0) is 17.4. The van der Waals surface area contributed by atoms with Crippen LogP contribution in [-0.4, -0.2) is 48.7 Å². The lowest BCUT2D eigenvalue weighted by atomic mass is 9.84. The lowest BCUT2D eigenvalue weighted by Gasteiger charge is -2.33. The Morgan fingerprint density at radius 1 is 1.04 bits per heavy atom. The van der Waals surface area contributed by atoms with Crippen molar-refractivity contribution < 1.29 is 14.7 Å². The number of nitrogens with zero attached hydrogens (tertiary/aromatic N) is 4. The van der Waals surface area contributed by atoms with Crippen LogP contribution in [0.25, 0.3) is 5.69 Å². The molecule has 25 heavy (non-hydrogen) atoms. The molecule has 2 fully saturated rings. The van der Waals surface area contributed by atoms with Gasteiger partial charge in [-0.05, 0) is 49.4 Å². The van der Waals surface area contributed by atoms with E-state index in [4.69, 9.17) is 0 Å². The summed E-state index contributed by atoms with van der Waals surface area (Å²) in [5.74, 6) is -0.768. The molecular formula is C18H20N4O3. The fourth-order valence-electron chi connectivity index (χ4n) is 4.23. The van der Waals surface area contributed by atoms with Crippen molar-refractivity contribution in [3.05, 3.63) is 42.5 Å². The maximum absolute atomic E-state index is 13.0. The molecule has 1 aromatic heterocycles. The van der Waals surface area contributed by atoms with Crippen molar-refractivity contribution in [2.75, 3.05) is 0 Å². The number of fused-ring (bicyclic) bond motifs is 1. The Morgan fingerprint density at radius 2 is 1.72 bits per heavy atom. The summed E-state index contributed by atoms with van der Waals surface area (Å²) >= 11 is 0. The number of amides is 1. The van der Waals surface area contributed by atoms with E-state index in [-0.39, 0.29) is 11.9 Å². The maximum Gasteiger partial charge on any atom is 0.326 e.